The van der Waals surface area contributed by atoms with Crippen LogP contribution in [-0.2, 0) is 4.79 Å². The Kier molecular flexibility index (Phi) is 2.73. The van der Waals surface area contributed by atoms with Gasteiger partial charge in [0.05, 0.1) is 6.42 Å². The topological polar surface area (TPSA) is 49.3 Å². The van der Waals surface area contributed by atoms with E-state index in [0.717, 1.165) is 6.54 Å². The zero-order valence-electron chi connectivity index (χ0n) is 7.76. The number of aliphatic carboxylic acids is 1. The van der Waals surface area contributed by atoms with E-state index in [0.29, 0.717) is 5.92 Å². The minimum atomic E-state index is -0.703. The summed E-state index contributed by atoms with van der Waals surface area (Å²) in [5, 5.41) is 12.0. The first kappa shape index (κ1) is 9.52. The lowest BCUT2D eigenvalue weighted by atomic mass is 9.92. The van der Waals surface area contributed by atoms with Crippen molar-refractivity contribution in [1.29, 1.82) is 0 Å². The molecule has 3 heteroatoms. The minimum absolute atomic E-state index is 0.166. The Bertz CT molecular complexity index is 177. The first-order chi connectivity index (χ1) is 5.58. The van der Waals surface area contributed by atoms with E-state index >= 15 is 0 Å². The average molecular weight is 171 g/mol. The van der Waals surface area contributed by atoms with Gasteiger partial charge in [0.15, 0.2) is 0 Å². The van der Waals surface area contributed by atoms with Crippen LogP contribution in [0.25, 0.3) is 0 Å². The predicted octanol–water partition coefficient (Wildman–Crippen LogP) is 1.24. The van der Waals surface area contributed by atoms with Gasteiger partial charge in [0, 0.05) is 5.54 Å². The molecule has 0 radical (unpaired) electrons. The third kappa shape index (κ3) is 2.21. The Morgan fingerprint density at radius 2 is 2.25 bits per heavy atom. The van der Waals surface area contributed by atoms with Crippen LogP contribution in [0.15, 0.2) is 0 Å². The van der Waals surface area contributed by atoms with Gasteiger partial charge in [-0.2, -0.15) is 0 Å². The molecule has 0 heterocycles. The SMILES string of the molecule is CCNC(C)(CC(=O)O)C1CC1. The molecule has 2 N–H and O–H groups in total. The smallest absolute Gasteiger partial charge is 0.305 e. The standard InChI is InChI=1S/C9H17NO2/c1-3-10-9(2,6-8(11)12)7-4-5-7/h7,10H,3-6H2,1-2H3,(H,11,12). The Hall–Kier alpha value is -0.570. The third-order valence-electron chi connectivity index (χ3n) is 2.58. The summed E-state index contributed by atoms with van der Waals surface area (Å²) < 4.78 is 0. The molecule has 1 rings (SSSR count). The highest BCUT2D eigenvalue weighted by Gasteiger charge is 2.42. The summed E-state index contributed by atoms with van der Waals surface area (Å²) in [5.41, 5.74) is -0.166. The fourth-order valence-corrected chi connectivity index (χ4v) is 1.79. The second-order valence-corrected chi connectivity index (χ2v) is 3.79. The van der Waals surface area contributed by atoms with Crippen LogP contribution in [0.3, 0.4) is 0 Å². The average Bonchev–Trinajstić information content (AvgIpc) is 2.65. The first-order valence-corrected chi connectivity index (χ1v) is 4.55. The van der Waals surface area contributed by atoms with Crippen molar-refractivity contribution in [3.8, 4) is 0 Å². The van der Waals surface area contributed by atoms with Crippen LogP contribution in [0.5, 0.6) is 0 Å². The van der Waals surface area contributed by atoms with Gasteiger partial charge >= 0.3 is 5.97 Å². The van der Waals surface area contributed by atoms with Crippen molar-refractivity contribution in [2.24, 2.45) is 5.92 Å². The van der Waals surface area contributed by atoms with Gasteiger partial charge < -0.3 is 10.4 Å². The summed E-state index contributed by atoms with van der Waals surface area (Å²) in [6.45, 7) is 4.88. The molecule has 12 heavy (non-hydrogen) atoms. The molecule has 0 bridgehead atoms. The van der Waals surface area contributed by atoms with Crippen LogP contribution < -0.4 is 5.32 Å². The van der Waals surface area contributed by atoms with Crippen LogP contribution in [0.2, 0.25) is 0 Å². The van der Waals surface area contributed by atoms with Crippen LogP contribution in [0.4, 0.5) is 0 Å². The predicted molar refractivity (Wildman–Crippen MR) is 47.1 cm³/mol. The normalized spacial score (nSPS) is 21.8. The van der Waals surface area contributed by atoms with Crippen molar-refractivity contribution < 1.29 is 9.90 Å². The number of hydrogen-bond donors (Lipinski definition) is 2. The van der Waals surface area contributed by atoms with E-state index in [1.54, 1.807) is 0 Å². The number of carboxylic acid groups (broad SMARTS) is 1. The number of carboxylic acids is 1. The van der Waals surface area contributed by atoms with Crippen molar-refractivity contribution in [3.05, 3.63) is 0 Å². The number of nitrogens with one attached hydrogen (secondary N) is 1. The molecule has 0 aromatic heterocycles. The molecule has 0 spiro atoms. The Balaban J connectivity index is 2.51. The molecule has 3 nitrogen and oxygen atoms in total. The molecule has 1 unspecified atom stereocenters. The zero-order valence-corrected chi connectivity index (χ0v) is 7.76. The van der Waals surface area contributed by atoms with Crippen molar-refractivity contribution in [2.75, 3.05) is 6.54 Å². The molecule has 1 aliphatic carbocycles. The molecule has 0 saturated heterocycles. The van der Waals surface area contributed by atoms with E-state index in [1.165, 1.54) is 12.8 Å². The zero-order chi connectivity index (χ0) is 9.19. The van der Waals surface area contributed by atoms with Gasteiger partial charge in [0.2, 0.25) is 0 Å². The highest BCUT2D eigenvalue weighted by Crippen LogP contribution is 2.41. The number of rotatable bonds is 5. The molecule has 0 aromatic rings. The van der Waals surface area contributed by atoms with E-state index in [1.807, 2.05) is 13.8 Å². The molecule has 1 atom stereocenters. The van der Waals surface area contributed by atoms with Crippen LogP contribution in [-0.4, -0.2) is 23.2 Å². The molecule has 1 saturated carbocycles. The summed E-state index contributed by atoms with van der Waals surface area (Å²) in [6, 6.07) is 0. The summed E-state index contributed by atoms with van der Waals surface area (Å²) >= 11 is 0. The van der Waals surface area contributed by atoms with E-state index in [-0.39, 0.29) is 12.0 Å². The monoisotopic (exact) mass is 171 g/mol. The van der Waals surface area contributed by atoms with E-state index < -0.39 is 5.97 Å². The molecular weight excluding hydrogens is 154 g/mol. The van der Waals surface area contributed by atoms with Crippen molar-refractivity contribution in [2.45, 2.75) is 38.6 Å². The van der Waals surface area contributed by atoms with E-state index in [2.05, 4.69) is 5.32 Å². The molecule has 0 aromatic carbocycles. The lowest BCUT2D eigenvalue weighted by Crippen LogP contribution is -2.46. The van der Waals surface area contributed by atoms with Gasteiger partial charge in [0.1, 0.15) is 0 Å². The number of hydrogen-bond acceptors (Lipinski definition) is 2. The fraction of sp³-hybridized carbons (Fsp3) is 0.889. The molecule has 0 aliphatic heterocycles. The molecule has 70 valence electrons. The summed E-state index contributed by atoms with van der Waals surface area (Å²) in [7, 11) is 0. The largest absolute Gasteiger partial charge is 0.481 e. The fourth-order valence-electron chi connectivity index (χ4n) is 1.79. The Labute approximate surface area is 73.2 Å². The summed E-state index contributed by atoms with van der Waals surface area (Å²) in [6.07, 6.45) is 2.60. The second-order valence-electron chi connectivity index (χ2n) is 3.79. The van der Waals surface area contributed by atoms with Crippen LogP contribution in [0, 0.1) is 5.92 Å². The Morgan fingerprint density at radius 3 is 2.58 bits per heavy atom. The van der Waals surface area contributed by atoms with Gasteiger partial charge in [-0.3, -0.25) is 4.79 Å². The van der Waals surface area contributed by atoms with Gasteiger partial charge in [-0.25, -0.2) is 0 Å². The maximum atomic E-state index is 10.6. The minimum Gasteiger partial charge on any atom is -0.481 e. The van der Waals surface area contributed by atoms with Crippen LogP contribution >= 0.6 is 0 Å². The summed E-state index contributed by atoms with van der Waals surface area (Å²) in [4.78, 5) is 10.6. The lowest BCUT2D eigenvalue weighted by Gasteiger charge is -2.28. The maximum Gasteiger partial charge on any atom is 0.305 e. The van der Waals surface area contributed by atoms with Gasteiger partial charge in [0.25, 0.3) is 0 Å². The maximum absolute atomic E-state index is 10.6. The summed E-state index contributed by atoms with van der Waals surface area (Å²) in [5.74, 6) is -0.126. The molecule has 1 aliphatic rings. The van der Waals surface area contributed by atoms with Crippen LogP contribution in [0.1, 0.15) is 33.1 Å². The van der Waals surface area contributed by atoms with Gasteiger partial charge in [-0.05, 0) is 32.2 Å². The second kappa shape index (κ2) is 3.44. The quantitative estimate of drug-likeness (QED) is 0.654. The third-order valence-corrected chi connectivity index (χ3v) is 2.58. The van der Waals surface area contributed by atoms with Gasteiger partial charge in [-0.15, -0.1) is 0 Å². The molecule has 1 fully saturated rings. The van der Waals surface area contributed by atoms with Crippen molar-refractivity contribution in [3.63, 3.8) is 0 Å². The van der Waals surface area contributed by atoms with Crippen molar-refractivity contribution in [1.82, 2.24) is 5.32 Å². The van der Waals surface area contributed by atoms with E-state index in [9.17, 15) is 4.79 Å². The Morgan fingerprint density at radius 1 is 1.67 bits per heavy atom. The van der Waals surface area contributed by atoms with Gasteiger partial charge in [-0.1, -0.05) is 6.92 Å². The highest BCUT2D eigenvalue weighted by atomic mass is 16.4. The molecular formula is C9H17NO2. The van der Waals surface area contributed by atoms with E-state index in [4.69, 9.17) is 5.11 Å². The number of carbonyl (C=O) groups is 1. The highest BCUT2D eigenvalue weighted by molar-refractivity contribution is 5.68. The lowest BCUT2D eigenvalue weighted by molar-refractivity contribution is -0.138. The molecule has 0 amide bonds. The first-order valence-electron chi connectivity index (χ1n) is 4.55. The van der Waals surface area contributed by atoms with Crippen molar-refractivity contribution >= 4 is 5.97 Å².